The number of carbonyl (C=O) groups excluding carboxylic acids is 1. The van der Waals surface area contributed by atoms with Gasteiger partial charge in [-0.05, 0) is 0 Å². The minimum atomic E-state index is -1.26. The van der Waals surface area contributed by atoms with Crippen LogP contribution < -0.4 is 14.2 Å². The van der Waals surface area contributed by atoms with Crippen LogP contribution in [0.1, 0.15) is 25.0 Å². The molecule has 1 aromatic carbocycles. The highest BCUT2D eigenvalue weighted by Gasteiger charge is 2.25. The molecule has 18 heavy (non-hydrogen) atoms. The summed E-state index contributed by atoms with van der Waals surface area (Å²) < 4.78 is 15.4. The van der Waals surface area contributed by atoms with Gasteiger partial charge in [0.2, 0.25) is 0 Å². The molecule has 1 rings (SSSR count). The van der Waals surface area contributed by atoms with Crippen LogP contribution in [0.5, 0.6) is 17.2 Å². The highest BCUT2D eigenvalue weighted by atomic mass is 16.5. The second kappa shape index (κ2) is 6.26. The van der Waals surface area contributed by atoms with Gasteiger partial charge in [-0.2, -0.15) is 0 Å². The van der Waals surface area contributed by atoms with Crippen molar-refractivity contribution < 1.29 is 24.1 Å². The quantitative estimate of drug-likeness (QED) is 0.837. The van der Waals surface area contributed by atoms with E-state index in [1.54, 1.807) is 19.1 Å². The molecule has 0 heterocycles. The molecule has 1 N–H and O–H groups in total. The zero-order chi connectivity index (χ0) is 13.7. The Morgan fingerprint density at radius 2 is 1.67 bits per heavy atom. The van der Waals surface area contributed by atoms with Crippen molar-refractivity contribution in [1.29, 1.82) is 0 Å². The summed E-state index contributed by atoms with van der Waals surface area (Å²) in [5.74, 6) is 0.960. The molecule has 0 saturated heterocycles. The molecule has 0 bridgehead atoms. The van der Waals surface area contributed by atoms with E-state index in [0.717, 1.165) is 0 Å². The first-order valence-electron chi connectivity index (χ1n) is 5.59. The summed E-state index contributed by atoms with van der Waals surface area (Å²) in [6, 6.07) is 3.20. The van der Waals surface area contributed by atoms with Crippen LogP contribution >= 0.6 is 0 Å². The maximum absolute atomic E-state index is 11.6. The smallest absolute Gasteiger partial charge is 0.165 e. The zero-order valence-electron chi connectivity index (χ0n) is 11.0. The minimum absolute atomic E-state index is 0.236. The van der Waals surface area contributed by atoms with Crippen LogP contribution in [0.2, 0.25) is 0 Å². The van der Waals surface area contributed by atoms with Crippen LogP contribution in [-0.4, -0.2) is 32.2 Å². The van der Waals surface area contributed by atoms with Crippen molar-refractivity contribution in [3.8, 4) is 17.2 Å². The van der Waals surface area contributed by atoms with Crippen LogP contribution in [-0.2, 0) is 4.79 Å². The second-order valence-electron chi connectivity index (χ2n) is 3.67. The molecule has 100 valence electrons. The van der Waals surface area contributed by atoms with E-state index >= 15 is 0 Å². The largest absolute Gasteiger partial charge is 0.496 e. The fraction of sp³-hybridized carbons (Fsp3) is 0.462. The summed E-state index contributed by atoms with van der Waals surface area (Å²) >= 11 is 0. The molecule has 0 amide bonds. The van der Waals surface area contributed by atoms with E-state index in [0.29, 0.717) is 22.8 Å². The van der Waals surface area contributed by atoms with Gasteiger partial charge >= 0.3 is 0 Å². The molecule has 0 radical (unpaired) electrons. The van der Waals surface area contributed by atoms with E-state index in [9.17, 15) is 9.90 Å². The van der Waals surface area contributed by atoms with Gasteiger partial charge in [0.05, 0.1) is 26.9 Å². The van der Waals surface area contributed by atoms with Gasteiger partial charge in [-0.3, -0.25) is 4.79 Å². The Morgan fingerprint density at radius 1 is 1.17 bits per heavy atom. The number of hydrogen-bond donors (Lipinski definition) is 1. The third-order valence-corrected chi connectivity index (χ3v) is 2.68. The van der Waals surface area contributed by atoms with Crippen molar-refractivity contribution in [1.82, 2.24) is 0 Å². The fourth-order valence-electron chi connectivity index (χ4n) is 1.66. The number of benzene rings is 1. The molecule has 0 spiro atoms. The number of Topliss-reactive ketones (excluding diaryl/α,β-unsaturated/α-hetero) is 1. The standard InChI is InChI=1S/C13H18O5/c1-5-9(14)13(15)12-10(17-3)6-8(16-2)7-11(12)18-4/h6-7,13,15H,5H2,1-4H3. The van der Waals surface area contributed by atoms with Crippen LogP contribution in [0.15, 0.2) is 12.1 Å². The van der Waals surface area contributed by atoms with Gasteiger partial charge in [-0.15, -0.1) is 0 Å². The summed E-state index contributed by atoms with van der Waals surface area (Å²) in [4.78, 5) is 11.6. The van der Waals surface area contributed by atoms with Gasteiger partial charge in [0.15, 0.2) is 5.78 Å². The first-order valence-corrected chi connectivity index (χ1v) is 5.59. The van der Waals surface area contributed by atoms with Crippen LogP contribution in [0.3, 0.4) is 0 Å². The summed E-state index contributed by atoms with van der Waals surface area (Å²) in [5, 5.41) is 10.0. The minimum Gasteiger partial charge on any atom is -0.496 e. The monoisotopic (exact) mass is 254 g/mol. The Bertz CT molecular complexity index is 402. The third-order valence-electron chi connectivity index (χ3n) is 2.68. The normalized spacial score (nSPS) is 11.8. The molecule has 5 heteroatoms. The zero-order valence-corrected chi connectivity index (χ0v) is 11.0. The van der Waals surface area contributed by atoms with Gasteiger partial charge < -0.3 is 19.3 Å². The molecule has 0 fully saturated rings. The number of aliphatic hydroxyl groups is 1. The maximum atomic E-state index is 11.6. The van der Waals surface area contributed by atoms with Crippen LogP contribution in [0, 0.1) is 0 Å². The van der Waals surface area contributed by atoms with Gasteiger partial charge in [0.25, 0.3) is 0 Å². The summed E-state index contributed by atoms with van der Waals surface area (Å²) in [6.45, 7) is 1.69. The lowest BCUT2D eigenvalue weighted by atomic mass is 10.0. The van der Waals surface area contributed by atoms with Crippen molar-refractivity contribution in [2.75, 3.05) is 21.3 Å². The van der Waals surface area contributed by atoms with Gasteiger partial charge in [-0.1, -0.05) is 6.92 Å². The average molecular weight is 254 g/mol. The van der Waals surface area contributed by atoms with Crippen molar-refractivity contribution in [2.45, 2.75) is 19.4 Å². The van der Waals surface area contributed by atoms with Crippen molar-refractivity contribution >= 4 is 5.78 Å². The summed E-state index contributed by atoms with van der Waals surface area (Å²) in [5.41, 5.74) is 0.327. The number of rotatable bonds is 6. The maximum Gasteiger partial charge on any atom is 0.165 e. The van der Waals surface area contributed by atoms with E-state index in [1.165, 1.54) is 21.3 Å². The van der Waals surface area contributed by atoms with E-state index in [4.69, 9.17) is 14.2 Å². The van der Waals surface area contributed by atoms with Gasteiger partial charge in [-0.25, -0.2) is 0 Å². The van der Waals surface area contributed by atoms with E-state index in [2.05, 4.69) is 0 Å². The number of ketones is 1. The number of hydrogen-bond acceptors (Lipinski definition) is 5. The SMILES string of the molecule is CCC(=O)C(O)c1c(OC)cc(OC)cc1OC. The molecule has 0 aliphatic rings. The molecular weight excluding hydrogens is 236 g/mol. The predicted octanol–water partition coefficient (Wildman–Crippen LogP) is 1.72. The molecule has 0 aromatic heterocycles. The highest BCUT2D eigenvalue weighted by Crippen LogP contribution is 2.38. The Balaban J connectivity index is 3.35. The lowest BCUT2D eigenvalue weighted by Gasteiger charge is -2.18. The molecule has 1 atom stereocenters. The summed E-state index contributed by atoms with van der Waals surface area (Å²) in [7, 11) is 4.43. The Labute approximate surface area is 106 Å². The first kappa shape index (κ1) is 14.3. The Morgan fingerprint density at radius 3 is 2.00 bits per heavy atom. The predicted molar refractivity (Wildman–Crippen MR) is 66.4 cm³/mol. The topological polar surface area (TPSA) is 65.0 Å². The number of methoxy groups -OCH3 is 3. The van der Waals surface area contributed by atoms with Gasteiger partial charge in [0.1, 0.15) is 23.4 Å². The average Bonchev–Trinajstić information content (AvgIpc) is 2.43. The summed E-state index contributed by atoms with van der Waals surface area (Å²) in [6.07, 6.45) is -1.02. The van der Waals surface area contributed by atoms with Crippen molar-refractivity contribution in [3.63, 3.8) is 0 Å². The second-order valence-corrected chi connectivity index (χ2v) is 3.67. The van der Waals surface area contributed by atoms with E-state index in [1.807, 2.05) is 0 Å². The molecule has 1 aromatic rings. The van der Waals surface area contributed by atoms with Crippen LogP contribution in [0.25, 0.3) is 0 Å². The Kier molecular flexibility index (Phi) is 4.97. The molecular formula is C13H18O5. The molecule has 0 saturated carbocycles. The lowest BCUT2D eigenvalue weighted by Crippen LogP contribution is -2.13. The fourth-order valence-corrected chi connectivity index (χ4v) is 1.66. The van der Waals surface area contributed by atoms with Crippen molar-refractivity contribution in [3.05, 3.63) is 17.7 Å². The molecule has 5 nitrogen and oxygen atoms in total. The number of aliphatic hydroxyl groups excluding tert-OH is 1. The Hall–Kier alpha value is -1.75. The van der Waals surface area contributed by atoms with E-state index in [-0.39, 0.29) is 12.2 Å². The van der Waals surface area contributed by atoms with Gasteiger partial charge in [0, 0.05) is 18.6 Å². The third kappa shape index (κ3) is 2.73. The highest BCUT2D eigenvalue weighted by molar-refractivity contribution is 5.85. The first-order chi connectivity index (χ1) is 8.58. The van der Waals surface area contributed by atoms with E-state index < -0.39 is 6.10 Å². The lowest BCUT2D eigenvalue weighted by molar-refractivity contribution is -0.127. The van der Waals surface area contributed by atoms with Crippen molar-refractivity contribution in [2.24, 2.45) is 0 Å². The van der Waals surface area contributed by atoms with Crippen LogP contribution in [0.4, 0.5) is 0 Å². The molecule has 0 aliphatic heterocycles. The number of carbonyl (C=O) groups is 1. The molecule has 1 unspecified atom stereocenters. The molecule has 0 aliphatic carbocycles. The number of ether oxygens (including phenoxy) is 3.